The van der Waals surface area contributed by atoms with E-state index in [9.17, 15) is 34.5 Å². The summed E-state index contributed by atoms with van der Waals surface area (Å²) < 4.78 is 28.5. The van der Waals surface area contributed by atoms with Crippen LogP contribution in [0.5, 0.6) is 0 Å². The molecule has 6 atom stereocenters. The molecule has 1 fully saturated rings. The molecule has 3 N–H and O–H groups in total. The third-order valence-corrected chi connectivity index (χ3v) is 14.3. The Morgan fingerprint density at radius 1 is 0.429 bits per heavy atom. The predicted octanol–water partition coefficient (Wildman–Crippen LogP) is 16.6. The molecule has 0 aromatic carbocycles. The van der Waals surface area contributed by atoms with Crippen molar-refractivity contribution in [1.29, 1.82) is 0 Å². The van der Waals surface area contributed by atoms with E-state index in [-0.39, 0.29) is 25.9 Å². The third-order valence-electron chi connectivity index (χ3n) is 14.3. The zero-order valence-corrected chi connectivity index (χ0v) is 49.2. The van der Waals surface area contributed by atoms with Crippen molar-refractivity contribution in [3.63, 3.8) is 0 Å². The zero-order chi connectivity index (χ0) is 56.1. The summed E-state index contributed by atoms with van der Waals surface area (Å²) in [5.41, 5.74) is 0. The van der Waals surface area contributed by atoms with Crippen molar-refractivity contribution in [2.45, 2.75) is 327 Å². The van der Waals surface area contributed by atoms with Gasteiger partial charge in [0, 0.05) is 19.3 Å². The van der Waals surface area contributed by atoms with Crippen LogP contribution in [0.2, 0.25) is 0 Å². The van der Waals surface area contributed by atoms with Crippen LogP contribution in [0.4, 0.5) is 0 Å². The fourth-order valence-corrected chi connectivity index (χ4v) is 9.45. The van der Waals surface area contributed by atoms with Gasteiger partial charge in [-0.1, -0.05) is 217 Å². The van der Waals surface area contributed by atoms with E-state index in [1.54, 1.807) is 0 Å². The molecule has 0 aromatic heterocycles. The van der Waals surface area contributed by atoms with Crippen LogP contribution in [0.1, 0.15) is 290 Å². The lowest BCUT2D eigenvalue weighted by atomic mass is 9.98. The summed E-state index contributed by atoms with van der Waals surface area (Å²) in [7, 11) is 0. The molecular formula is C65H114O12. The predicted molar refractivity (Wildman–Crippen MR) is 312 cm³/mol. The lowest BCUT2D eigenvalue weighted by molar-refractivity contribution is -0.301. The van der Waals surface area contributed by atoms with Gasteiger partial charge in [0.05, 0.1) is 6.61 Å². The second-order valence-electron chi connectivity index (χ2n) is 21.7. The van der Waals surface area contributed by atoms with Gasteiger partial charge in [0.1, 0.15) is 18.8 Å². The topological polar surface area (TPSA) is 175 Å². The number of carboxylic acids is 1. The Hall–Kier alpha value is -3.32. The Labute approximate surface area is 469 Å². The Morgan fingerprint density at radius 3 is 1.21 bits per heavy atom. The van der Waals surface area contributed by atoms with Gasteiger partial charge < -0.3 is 39.0 Å². The van der Waals surface area contributed by atoms with Crippen molar-refractivity contribution in [1.82, 2.24) is 0 Å². The minimum atomic E-state index is -1.91. The van der Waals surface area contributed by atoms with Gasteiger partial charge in [0.15, 0.2) is 24.6 Å². The van der Waals surface area contributed by atoms with Gasteiger partial charge in [-0.3, -0.25) is 14.4 Å². The quantitative estimate of drug-likeness (QED) is 0.0228. The normalized spacial score (nSPS) is 18.3. The van der Waals surface area contributed by atoms with Crippen LogP contribution in [0.3, 0.4) is 0 Å². The summed E-state index contributed by atoms with van der Waals surface area (Å²) in [6.07, 6.45) is 52.1. The Kier molecular flexibility index (Phi) is 49.7. The number of unbranched alkanes of at least 4 members (excludes halogenated alkanes) is 32. The highest BCUT2D eigenvalue weighted by Crippen LogP contribution is 2.26. The number of esters is 3. The molecule has 0 spiro atoms. The zero-order valence-electron chi connectivity index (χ0n) is 49.2. The molecule has 1 rings (SSSR count). The van der Waals surface area contributed by atoms with E-state index < -0.39 is 67.3 Å². The number of ether oxygens (including phenoxy) is 5. The van der Waals surface area contributed by atoms with Crippen molar-refractivity contribution in [2.75, 3.05) is 13.2 Å². The van der Waals surface area contributed by atoms with Gasteiger partial charge in [-0.15, -0.1) is 0 Å². The molecular weight excluding hydrogens is 973 g/mol. The van der Waals surface area contributed by atoms with E-state index in [4.69, 9.17) is 23.7 Å². The number of carbonyl (C=O) groups is 4. The number of allylic oxidation sites excluding steroid dienone is 8. The van der Waals surface area contributed by atoms with Crippen LogP contribution in [0.15, 0.2) is 48.6 Å². The molecule has 6 unspecified atom stereocenters. The van der Waals surface area contributed by atoms with Gasteiger partial charge >= 0.3 is 23.9 Å². The largest absolute Gasteiger partial charge is 0.479 e. The number of aliphatic hydroxyl groups is 2. The maximum atomic E-state index is 13.2. The second kappa shape index (κ2) is 53.3. The fourth-order valence-electron chi connectivity index (χ4n) is 9.45. The Morgan fingerprint density at radius 2 is 0.779 bits per heavy atom. The maximum absolute atomic E-state index is 13.2. The molecule has 1 aliphatic rings. The molecule has 1 saturated heterocycles. The highest BCUT2D eigenvalue weighted by molar-refractivity contribution is 5.74. The molecule has 1 heterocycles. The maximum Gasteiger partial charge on any atom is 0.335 e. The van der Waals surface area contributed by atoms with Crippen molar-refractivity contribution < 1.29 is 58.2 Å². The van der Waals surface area contributed by atoms with Crippen LogP contribution in [-0.2, 0) is 42.9 Å². The number of carboxylic acid groups (broad SMARTS) is 1. The van der Waals surface area contributed by atoms with E-state index in [1.165, 1.54) is 116 Å². The first-order valence-corrected chi connectivity index (χ1v) is 31.6. The summed E-state index contributed by atoms with van der Waals surface area (Å²) in [5, 5.41) is 31.5. The van der Waals surface area contributed by atoms with Gasteiger partial charge in [0.2, 0.25) is 0 Å². The van der Waals surface area contributed by atoms with Crippen molar-refractivity contribution in [2.24, 2.45) is 0 Å². The summed E-state index contributed by atoms with van der Waals surface area (Å²) in [4.78, 5) is 51.2. The number of hydrogen-bond acceptors (Lipinski definition) is 11. The van der Waals surface area contributed by atoms with E-state index in [0.29, 0.717) is 19.3 Å². The van der Waals surface area contributed by atoms with Gasteiger partial charge in [-0.25, -0.2) is 4.79 Å². The summed E-state index contributed by atoms with van der Waals surface area (Å²) >= 11 is 0. The first-order chi connectivity index (χ1) is 37.6. The number of hydrogen-bond donors (Lipinski definition) is 3. The summed E-state index contributed by atoms with van der Waals surface area (Å²) in [5.74, 6) is -3.13. The average Bonchev–Trinajstić information content (AvgIpc) is 3.42. The summed E-state index contributed by atoms with van der Waals surface area (Å²) in [6.45, 7) is 5.97. The molecule has 12 nitrogen and oxygen atoms in total. The van der Waals surface area contributed by atoms with Gasteiger partial charge in [-0.05, 0) is 103 Å². The first kappa shape index (κ1) is 71.7. The minimum Gasteiger partial charge on any atom is -0.479 e. The molecule has 0 saturated carbocycles. The van der Waals surface area contributed by atoms with Crippen LogP contribution in [0.25, 0.3) is 0 Å². The molecule has 77 heavy (non-hydrogen) atoms. The number of aliphatic carboxylic acids is 1. The summed E-state index contributed by atoms with van der Waals surface area (Å²) in [6, 6.07) is 0. The molecule has 0 radical (unpaired) electrons. The molecule has 0 amide bonds. The lowest BCUT2D eigenvalue weighted by Crippen LogP contribution is -2.61. The molecule has 0 aliphatic carbocycles. The third kappa shape index (κ3) is 43.2. The highest BCUT2D eigenvalue weighted by Gasteiger charge is 2.50. The van der Waals surface area contributed by atoms with Gasteiger partial charge in [-0.2, -0.15) is 0 Å². The van der Waals surface area contributed by atoms with Gasteiger partial charge in [0.25, 0.3) is 0 Å². The molecule has 0 bridgehead atoms. The number of rotatable bonds is 54. The molecule has 446 valence electrons. The van der Waals surface area contributed by atoms with Crippen LogP contribution in [-0.4, -0.2) is 89.2 Å². The number of carbonyl (C=O) groups excluding carboxylic acids is 3. The molecule has 12 heteroatoms. The highest BCUT2D eigenvalue weighted by atomic mass is 16.7. The fraction of sp³-hybridized carbons (Fsp3) is 0.815. The smallest absolute Gasteiger partial charge is 0.335 e. The van der Waals surface area contributed by atoms with E-state index >= 15 is 0 Å². The first-order valence-electron chi connectivity index (χ1n) is 31.6. The monoisotopic (exact) mass is 1090 g/mol. The van der Waals surface area contributed by atoms with E-state index in [0.717, 1.165) is 116 Å². The Balaban J connectivity index is 2.68. The second-order valence-corrected chi connectivity index (χ2v) is 21.7. The average molecular weight is 1090 g/mol. The van der Waals surface area contributed by atoms with Crippen LogP contribution in [0, 0.1) is 0 Å². The van der Waals surface area contributed by atoms with Crippen molar-refractivity contribution in [3.8, 4) is 0 Å². The van der Waals surface area contributed by atoms with E-state index in [2.05, 4.69) is 69.4 Å². The minimum absolute atomic E-state index is 0.0503. The van der Waals surface area contributed by atoms with Crippen LogP contribution >= 0.6 is 0 Å². The molecule has 1 aliphatic heterocycles. The van der Waals surface area contributed by atoms with E-state index in [1.807, 2.05) is 0 Å². The van der Waals surface area contributed by atoms with Crippen molar-refractivity contribution >= 4 is 23.9 Å². The SMILES string of the molecule is CCCCC/C=C\C/C=C\CCCCCCCCCC(=O)OCC(COC1OC(C(=O)O)C(O)C(O)C1OC(=O)CCCCCCC/C=C\CCCCCCCC)OC(=O)CCCCCCC/C=C\CCCCCCCC. The van der Waals surface area contributed by atoms with Crippen molar-refractivity contribution in [3.05, 3.63) is 48.6 Å². The lowest BCUT2D eigenvalue weighted by Gasteiger charge is -2.40. The Bertz CT molecular complexity index is 1520. The number of aliphatic hydroxyl groups excluding tert-OH is 2. The van der Waals surface area contributed by atoms with Crippen LogP contribution < -0.4 is 0 Å². The standard InChI is InChI=1S/C65H114O12/c1-4-7-10-13-16-19-22-25-28-29-32-33-36-39-42-45-48-51-57(66)73-54-56(75-58(67)52-49-46-43-40-37-34-30-26-23-20-17-14-11-8-5-2)55-74-65-63(61(70)60(69)62(77-65)64(71)72)76-59(68)53-50-47-44-41-38-35-31-27-24-21-18-15-12-9-6-3/h16,19,25-28,30-31,56,60-63,65,69-70H,4-15,17-18,20-24,29,32-55H2,1-3H3,(H,71,72)/b19-16-,28-25-,30-26-,31-27-. The molecule has 0 aromatic rings.